The number of hydrogen-bond acceptors (Lipinski definition) is 1. The van der Waals surface area contributed by atoms with Gasteiger partial charge in [-0.05, 0) is 31.0 Å². The van der Waals surface area contributed by atoms with Crippen LogP contribution < -0.4 is 5.73 Å². The Labute approximate surface area is 85.2 Å². The summed E-state index contributed by atoms with van der Waals surface area (Å²) in [6, 6.07) is 6.04. The summed E-state index contributed by atoms with van der Waals surface area (Å²) >= 11 is 0. The first-order valence-corrected chi connectivity index (χ1v) is 4.55. The van der Waals surface area contributed by atoms with E-state index < -0.39 is 0 Å². The molecule has 0 atom stereocenters. The zero-order chi connectivity index (χ0) is 10.7. The topological polar surface area (TPSA) is 38.4 Å². The second-order valence-corrected chi connectivity index (χ2v) is 3.42. The van der Waals surface area contributed by atoms with Gasteiger partial charge in [-0.2, -0.15) is 0 Å². The van der Waals surface area contributed by atoms with E-state index in [2.05, 4.69) is 18.5 Å². The van der Waals surface area contributed by atoms with Crippen LogP contribution in [0.15, 0.2) is 29.8 Å². The molecule has 0 fully saturated rings. The summed E-state index contributed by atoms with van der Waals surface area (Å²) in [5, 5.41) is 0. The van der Waals surface area contributed by atoms with Crippen LogP contribution in [-0.4, -0.2) is 12.9 Å². The van der Waals surface area contributed by atoms with Crippen LogP contribution in [0.3, 0.4) is 0 Å². The first kappa shape index (κ1) is 10.5. The molecule has 74 valence electrons. The van der Waals surface area contributed by atoms with E-state index in [1.54, 1.807) is 7.05 Å². The monoisotopic (exact) mass is 188 g/mol. The van der Waals surface area contributed by atoms with Crippen molar-refractivity contribution in [3.63, 3.8) is 0 Å². The SMILES string of the molecule is C=C(C)c1ccc(C(N)=NC)cc1C. The van der Waals surface area contributed by atoms with E-state index >= 15 is 0 Å². The fourth-order valence-electron chi connectivity index (χ4n) is 1.43. The summed E-state index contributed by atoms with van der Waals surface area (Å²) in [5.41, 5.74) is 10.1. The highest BCUT2D eigenvalue weighted by atomic mass is 14.8. The number of amidine groups is 1. The van der Waals surface area contributed by atoms with E-state index in [4.69, 9.17) is 5.73 Å². The van der Waals surface area contributed by atoms with Crippen LogP contribution in [0.5, 0.6) is 0 Å². The van der Waals surface area contributed by atoms with Crippen molar-refractivity contribution in [1.29, 1.82) is 0 Å². The first-order valence-electron chi connectivity index (χ1n) is 4.55. The third kappa shape index (κ3) is 2.02. The van der Waals surface area contributed by atoms with Crippen molar-refractivity contribution in [2.75, 3.05) is 7.05 Å². The quantitative estimate of drug-likeness (QED) is 0.561. The molecule has 0 aliphatic heterocycles. The molecule has 0 heterocycles. The van der Waals surface area contributed by atoms with Gasteiger partial charge in [-0.3, -0.25) is 4.99 Å². The molecule has 1 aromatic carbocycles. The fourth-order valence-corrected chi connectivity index (χ4v) is 1.43. The molecule has 0 aliphatic rings. The molecule has 0 radical (unpaired) electrons. The highest BCUT2D eigenvalue weighted by Gasteiger charge is 2.02. The fraction of sp³-hybridized carbons (Fsp3) is 0.250. The smallest absolute Gasteiger partial charge is 0.125 e. The molecule has 14 heavy (non-hydrogen) atoms. The molecule has 2 nitrogen and oxygen atoms in total. The van der Waals surface area contributed by atoms with E-state index in [0.29, 0.717) is 5.84 Å². The summed E-state index contributed by atoms with van der Waals surface area (Å²) in [6.07, 6.45) is 0. The van der Waals surface area contributed by atoms with Crippen LogP contribution in [-0.2, 0) is 0 Å². The molecule has 0 saturated carbocycles. The van der Waals surface area contributed by atoms with Crippen molar-refractivity contribution in [3.8, 4) is 0 Å². The lowest BCUT2D eigenvalue weighted by molar-refractivity contribution is 1.36. The molecule has 0 spiro atoms. The Morgan fingerprint density at radius 1 is 1.43 bits per heavy atom. The number of benzene rings is 1. The van der Waals surface area contributed by atoms with Crippen LogP contribution in [0.25, 0.3) is 5.57 Å². The van der Waals surface area contributed by atoms with Crippen molar-refractivity contribution in [1.82, 2.24) is 0 Å². The molecule has 0 aromatic heterocycles. The number of nitrogens with two attached hydrogens (primary N) is 1. The minimum absolute atomic E-state index is 0.571. The van der Waals surface area contributed by atoms with E-state index in [9.17, 15) is 0 Å². The summed E-state index contributed by atoms with van der Waals surface area (Å²) in [5.74, 6) is 0.571. The van der Waals surface area contributed by atoms with Crippen molar-refractivity contribution >= 4 is 11.4 Å². The maximum absolute atomic E-state index is 5.72. The Morgan fingerprint density at radius 2 is 2.07 bits per heavy atom. The lowest BCUT2D eigenvalue weighted by Crippen LogP contribution is -2.13. The van der Waals surface area contributed by atoms with Crippen molar-refractivity contribution in [2.24, 2.45) is 10.7 Å². The Bertz CT molecular complexity index is 389. The second kappa shape index (κ2) is 4.09. The van der Waals surface area contributed by atoms with Crippen LogP contribution in [0.2, 0.25) is 0 Å². The number of nitrogens with zero attached hydrogens (tertiary/aromatic N) is 1. The Morgan fingerprint density at radius 3 is 2.50 bits per heavy atom. The lowest BCUT2D eigenvalue weighted by atomic mass is 10.00. The van der Waals surface area contributed by atoms with Gasteiger partial charge >= 0.3 is 0 Å². The lowest BCUT2D eigenvalue weighted by Gasteiger charge is -2.07. The van der Waals surface area contributed by atoms with Crippen molar-refractivity contribution in [3.05, 3.63) is 41.5 Å². The molecular weight excluding hydrogens is 172 g/mol. The van der Waals surface area contributed by atoms with Gasteiger partial charge < -0.3 is 5.73 Å². The zero-order valence-corrected chi connectivity index (χ0v) is 8.96. The largest absolute Gasteiger partial charge is 0.384 e. The van der Waals surface area contributed by atoms with Gasteiger partial charge in [-0.25, -0.2) is 0 Å². The Balaban J connectivity index is 3.19. The molecule has 0 unspecified atom stereocenters. The third-order valence-corrected chi connectivity index (χ3v) is 2.22. The predicted molar refractivity (Wildman–Crippen MR) is 62.5 cm³/mol. The minimum Gasteiger partial charge on any atom is -0.384 e. The summed E-state index contributed by atoms with van der Waals surface area (Å²) in [4.78, 5) is 3.95. The van der Waals surface area contributed by atoms with Crippen LogP contribution in [0.1, 0.15) is 23.6 Å². The maximum Gasteiger partial charge on any atom is 0.125 e. The van der Waals surface area contributed by atoms with Gasteiger partial charge in [-0.1, -0.05) is 24.3 Å². The predicted octanol–water partition coefficient (Wildman–Crippen LogP) is 2.36. The Kier molecular flexibility index (Phi) is 3.07. The van der Waals surface area contributed by atoms with Crippen LogP contribution in [0.4, 0.5) is 0 Å². The number of hydrogen-bond donors (Lipinski definition) is 1. The summed E-state index contributed by atoms with van der Waals surface area (Å²) < 4.78 is 0. The number of allylic oxidation sites excluding steroid dienone is 1. The number of rotatable bonds is 2. The molecule has 1 rings (SSSR count). The molecule has 0 aliphatic carbocycles. The second-order valence-electron chi connectivity index (χ2n) is 3.42. The number of aryl methyl sites for hydroxylation is 1. The van der Waals surface area contributed by atoms with Gasteiger partial charge in [0.15, 0.2) is 0 Å². The first-order chi connectivity index (χ1) is 6.56. The van der Waals surface area contributed by atoms with E-state index in [1.165, 1.54) is 11.1 Å². The van der Waals surface area contributed by atoms with Crippen molar-refractivity contribution in [2.45, 2.75) is 13.8 Å². The molecule has 0 amide bonds. The number of aliphatic imine (C=N–C) groups is 1. The summed E-state index contributed by atoms with van der Waals surface area (Å²) in [6.45, 7) is 7.97. The highest BCUT2D eigenvalue weighted by molar-refractivity contribution is 5.97. The highest BCUT2D eigenvalue weighted by Crippen LogP contribution is 2.17. The normalized spacial score (nSPS) is 11.5. The van der Waals surface area contributed by atoms with Gasteiger partial charge in [0.1, 0.15) is 5.84 Å². The molecule has 2 heteroatoms. The molecule has 2 N–H and O–H groups in total. The average Bonchev–Trinajstić information content (AvgIpc) is 2.15. The van der Waals surface area contributed by atoms with Gasteiger partial charge in [0, 0.05) is 12.6 Å². The molecule has 0 saturated heterocycles. The maximum atomic E-state index is 5.72. The standard InChI is InChI=1S/C12H16N2/c1-8(2)11-6-5-10(7-9(11)3)12(13)14-4/h5-7H,1H2,2-4H3,(H2,13,14). The zero-order valence-electron chi connectivity index (χ0n) is 8.96. The molecular formula is C12H16N2. The van der Waals surface area contributed by atoms with Gasteiger partial charge in [0.2, 0.25) is 0 Å². The van der Waals surface area contributed by atoms with Crippen LogP contribution >= 0.6 is 0 Å². The third-order valence-electron chi connectivity index (χ3n) is 2.22. The van der Waals surface area contributed by atoms with Crippen molar-refractivity contribution < 1.29 is 0 Å². The van der Waals surface area contributed by atoms with E-state index in [1.807, 2.05) is 25.1 Å². The minimum atomic E-state index is 0.571. The van der Waals surface area contributed by atoms with E-state index in [0.717, 1.165) is 11.1 Å². The van der Waals surface area contributed by atoms with Gasteiger partial charge in [0.25, 0.3) is 0 Å². The summed E-state index contributed by atoms with van der Waals surface area (Å²) in [7, 11) is 1.69. The Hall–Kier alpha value is -1.57. The molecule has 0 bridgehead atoms. The van der Waals surface area contributed by atoms with Crippen LogP contribution in [0, 0.1) is 6.92 Å². The average molecular weight is 188 g/mol. The molecule has 1 aromatic rings. The van der Waals surface area contributed by atoms with E-state index in [-0.39, 0.29) is 0 Å². The van der Waals surface area contributed by atoms with Gasteiger partial charge in [0.05, 0.1) is 0 Å². The van der Waals surface area contributed by atoms with Gasteiger partial charge in [-0.15, -0.1) is 0 Å².